The van der Waals surface area contributed by atoms with Crippen molar-refractivity contribution in [1.82, 2.24) is 4.98 Å². The maximum Gasteiger partial charge on any atom is 4.00 e. The molecule has 2 aromatic rings. The number of hydrogen-bond donors (Lipinski definition) is 1. The fraction of sp³-hybridized carbons (Fsp3) is 0.368. The summed E-state index contributed by atoms with van der Waals surface area (Å²) in [6.07, 6.45) is 6.53. The molecule has 0 amide bonds. The van der Waals surface area contributed by atoms with Crippen molar-refractivity contribution in [3.63, 3.8) is 0 Å². The molecule has 1 heterocycles. The molecule has 1 aliphatic carbocycles. The van der Waals surface area contributed by atoms with E-state index in [-0.39, 0.29) is 55.3 Å². The van der Waals surface area contributed by atoms with E-state index in [0.29, 0.717) is 5.04 Å². The van der Waals surface area contributed by atoms with Crippen LogP contribution >= 0.6 is 0 Å². The fourth-order valence-corrected chi connectivity index (χ4v) is 4.02. The molecule has 3 rings (SSSR count). The molecule has 0 aliphatic heterocycles. The SMILES string of the molecule is CC1=[C-]C(C)([Si](C)C)C(C)=C1C.[Cl-].[Cl-].[Ti+4].[c-]1cc2ccccc2[nH]1. The monoisotopic (exact) mass is 412 g/mol. The second-order valence-corrected chi connectivity index (χ2v) is 9.13. The van der Waals surface area contributed by atoms with Crippen LogP contribution in [0.3, 0.4) is 0 Å². The number of allylic oxidation sites excluding steroid dienone is 4. The van der Waals surface area contributed by atoms with Crippen molar-refractivity contribution in [2.24, 2.45) is 0 Å². The van der Waals surface area contributed by atoms with E-state index in [1.54, 1.807) is 5.57 Å². The molecule has 1 aromatic carbocycles. The van der Waals surface area contributed by atoms with Crippen molar-refractivity contribution in [2.45, 2.75) is 45.8 Å². The second-order valence-electron chi connectivity index (χ2n) is 6.13. The van der Waals surface area contributed by atoms with E-state index in [2.05, 4.69) is 64.1 Å². The van der Waals surface area contributed by atoms with Gasteiger partial charge in [-0.25, -0.2) is 5.57 Å². The predicted molar refractivity (Wildman–Crippen MR) is 93.8 cm³/mol. The first-order valence-electron chi connectivity index (χ1n) is 7.40. The van der Waals surface area contributed by atoms with E-state index < -0.39 is 0 Å². The molecule has 1 unspecified atom stereocenters. The third-order valence-electron chi connectivity index (χ3n) is 4.71. The number of fused-ring (bicyclic) bond motifs is 1. The standard InChI is InChI=1S/C11H18Si.C8H6N.2ClH.Ti/c1-8-7-11(4,12(5)6)10(3)9(8)2;1-2-4-8-7(3-1)5-6-9-8;;;/h1-6H3;1-5,9H;2*1H;/q2*-1;;;+4/p-2. The first-order chi connectivity index (χ1) is 9.86. The second kappa shape index (κ2) is 10.7. The molecule has 127 valence electrons. The van der Waals surface area contributed by atoms with Gasteiger partial charge in [-0.3, -0.25) is 6.08 Å². The minimum Gasteiger partial charge on any atom is -1.00 e. The van der Waals surface area contributed by atoms with Crippen LogP contribution in [0.2, 0.25) is 18.1 Å². The Balaban J connectivity index is 0. The zero-order valence-electron chi connectivity index (χ0n) is 15.1. The van der Waals surface area contributed by atoms with E-state index in [9.17, 15) is 0 Å². The average molecular weight is 413 g/mol. The summed E-state index contributed by atoms with van der Waals surface area (Å²) in [4.78, 5) is 2.99. The summed E-state index contributed by atoms with van der Waals surface area (Å²) >= 11 is 0. The van der Waals surface area contributed by atoms with Crippen molar-refractivity contribution in [3.05, 3.63) is 59.3 Å². The van der Waals surface area contributed by atoms with Crippen LogP contribution in [0.15, 0.2) is 47.1 Å². The molecule has 0 spiro atoms. The number of benzene rings is 1. The van der Waals surface area contributed by atoms with Crippen LogP contribution in [0, 0.1) is 12.3 Å². The Hall–Kier alpha value is -0.249. The van der Waals surface area contributed by atoms with Gasteiger partial charge in [0.15, 0.2) is 0 Å². The molecule has 5 heteroatoms. The molecule has 0 saturated heterocycles. The summed E-state index contributed by atoms with van der Waals surface area (Å²) in [6.45, 7) is 13.7. The van der Waals surface area contributed by atoms with Gasteiger partial charge in [-0.1, -0.05) is 51.0 Å². The molecule has 1 radical (unpaired) electrons. The Morgan fingerprint density at radius 3 is 2.04 bits per heavy atom. The van der Waals surface area contributed by atoms with Gasteiger partial charge in [0.2, 0.25) is 0 Å². The van der Waals surface area contributed by atoms with Gasteiger partial charge >= 0.3 is 21.7 Å². The number of nitrogens with one attached hydrogen (secondary N) is 1. The van der Waals surface area contributed by atoms with Crippen molar-refractivity contribution >= 4 is 19.7 Å². The van der Waals surface area contributed by atoms with Crippen molar-refractivity contribution in [2.75, 3.05) is 0 Å². The summed E-state index contributed by atoms with van der Waals surface area (Å²) in [5.74, 6) is 0. The maximum absolute atomic E-state index is 3.62. The largest absolute Gasteiger partial charge is 4.00 e. The van der Waals surface area contributed by atoms with Crippen molar-refractivity contribution in [1.29, 1.82) is 0 Å². The minimum absolute atomic E-state index is 0. The Morgan fingerprint density at radius 1 is 1.04 bits per heavy atom. The predicted octanol–water partition coefficient (Wildman–Crippen LogP) is -0.426. The molecule has 1 atom stereocenters. The molecular formula is C19H24Cl2NSiTi. The molecular weight excluding hydrogens is 389 g/mol. The summed E-state index contributed by atoms with van der Waals surface area (Å²) < 4.78 is 0. The fourth-order valence-electron chi connectivity index (χ4n) is 2.65. The van der Waals surface area contributed by atoms with Gasteiger partial charge < -0.3 is 29.8 Å². The van der Waals surface area contributed by atoms with Gasteiger partial charge in [0.05, 0.1) is 0 Å². The summed E-state index contributed by atoms with van der Waals surface area (Å²) in [5, 5.41) is 1.51. The maximum atomic E-state index is 3.62. The summed E-state index contributed by atoms with van der Waals surface area (Å²) in [5.41, 5.74) is 5.52. The van der Waals surface area contributed by atoms with Crippen LogP contribution in [-0.2, 0) is 21.7 Å². The van der Waals surface area contributed by atoms with Crippen LogP contribution in [-0.4, -0.2) is 13.8 Å². The number of rotatable bonds is 1. The van der Waals surface area contributed by atoms with Gasteiger partial charge in [0.25, 0.3) is 0 Å². The van der Waals surface area contributed by atoms with E-state index in [4.69, 9.17) is 0 Å². The molecule has 1 nitrogen and oxygen atoms in total. The Labute approximate surface area is 175 Å². The molecule has 1 N–H and O–H groups in total. The van der Waals surface area contributed by atoms with Crippen LogP contribution in [0.4, 0.5) is 0 Å². The molecule has 0 bridgehead atoms. The van der Waals surface area contributed by atoms with Crippen LogP contribution in [0.1, 0.15) is 27.7 Å². The minimum atomic E-state index is -0.314. The van der Waals surface area contributed by atoms with Gasteiger partial charge in [-0.05, 0) is 0 Å². The third-order valence-corrected chi connectivity index (χ3v) is 7.21. The normalized spacial score (nSPS) is 18.9. The number of halogens is 2. The van der Waals surface area contributed by atoms with Crippen LogP contribution < -0.4 is 24.8 Å². The topological polar surface area (TPSA) is 15.8 Å². The number of hydrogen-bond acceptors (Lipinski definition) is 0. The molecule has 1 aliphatic rings. The number of aromatic amines is 1. The molecule has 1 aromatic heterocycles. The van der Waals surface area contributed by atoms with Crippen molar-refractivity contribution in [3.8, 4) is 0 Å². The Morgan fingerprint density at radius 2 is 1.62 bits per heavy atom. The van der Waals surface area contributed by atoms with Gasteiger partial charge in [0, 0.05) is 8.80 Å². The zero-order valence-corrected chi connectivity index (χ0v) is 19.2. The Bertz CT molecular complexity index is 676. The summed E-state index contributed by atoms with van der Waals surface area (Å²) in [6, 6.07) is 10.1. The van der Waals surface area contributed by atoms with Crippen molar-refractivity contribution < 1.29 is 46.5 Å². The van der Waals surface area contributed by atoms with Gasteiger partial charge in [0.1, 0.15) is 0 Å². The van der Waals surface area contributed by atoms with E-state index in [1.807, 2.05) is 24.3 Å². The zero-order chi connectivity index (χ0) is 15.6. The first kappa shape index (κ1) is 26.0. The van der Waals surface area contributed by atoms with Gasteiger partial charge in [-0.2, -0.15) is 22.6 Å². The van der Waals surface area contributed by atoms with E-state index in [0.717, 1.165) is 5.52 Å². The Kier molecular flexibility index (Phi) is 11.6. The van der Waals surface area contributed by atoms with Crippen LogP contribution in [0.5, 0.6) is 0 Å². The first-order valence-corrected chi connectivity index (χ1v) is 9.90. The van der Waals surface area contributed by atoms with E-state index in [1.165, 1.54) is 16.5 Å². The molecule has 0 fully saturated rings. The van der Waals surface area contributed by atoms with Crippen LogP contribution in [0.25, 0.3) is 10.9 Å². The average Bonchev–Trinajstić information content (AvgIpc) is 3.00. The smallest absolute Gasteiger partial charge is 1.00 e. The third kappa shape index (κ3) is 5.37. The quantitative estimate of drug-likeness (QED) is 0.483. The molecule has 0 saturated carbocycles. The summed E-state index contributed by atoms with van der Waals surface area (Å²) in [7, 11) is -0.314. The molecule has 24 heavy (non-hydrogen) atoms. The van der Waals surface area contributed by atoms with Gasteiger partial charge in [-0.15, -0.1) is 30.8 Å². The number of H-pyrrole nitrogens is 1. The number of para-hydroxylation sites is 1. The number of aromatic nitrogens is 1. The van der Waals surface area contributed by atoms with E-state index >= 15 is 0 Å².